The molecule has 1 saturated heterocycles. The number of carbonyl (C=O) groups is 3. The zero-order valence-corrected chi connectivity index (χ0v) is 10.8. The van der Waals surface area contributed by atoms with Crippen molar-refractivity contribution < 1.29 is 19.1 Å². The van der Waals surface area contributed by atoms with E-state index in [4.69, 9.17) is 4.74 Å². The zero-order chi connectivity index (χ0) is 13.2. The summed E-state index contributed by atoms with van der Waals surface area (Å²) in [7, 11) is 0. The van der Waals surface area contributed by atoms with E-state index in [1.807, 2.05) is 6.92 Å². The summed E-state index contributed by atoms with van der Waals surface area (Å²) in [5.74, 6) is -0.397. The SMILES string of the molecule is CCC1COC(=O)N1C(=O)CC(C)(C)C(C)=O. The molecule has 1 fully saturated rings. The average molecular weight is 241 g/mol. The Kier molecular flexibility index (Phi) is 3.91. The molecule has 0 aromatic heterocycles. The van der Waals surface area contributed by atoms with Crippen LogP contribution >= 0.6 is 0 Å². The van der Waals surface area contributed by atoms with Crippen LogP contribution < -0.4 is 0 Å². The topological polar surface area (TPSA) is 63.7 Å². The molecule has 0 aromatic rings. The summed E-state index contributed by atoms with van der Waals surface area (Å²) in [5, 5.41) is 0. The number of imide groups is 1. The Morgan fingerprint density at radius 1 is 1.47 bits per heavy atom. The molecule has 0 aliphatic carbocycles. The maximum Gasteiger partial charge on any atom is 0.416 e. The fourth-order valence-electron chi connectivity index (χ4n) is 1.65. The van der Waals surface area contributed by atoms with Crippen molar-refractivity contribution in [1.82, 2.24) is 4.90 Å². The van der Waals surface area contributed by atoms with Gasteiger partial charge >= 0.3 is 6.09 Å². The minimum absolute atomic E-state index is 0.0356. The first-order chi connectivity index (χ1) is 7.79. The third kappa shape index (κ3) is 2.84. The first-order valence-electron chi connectivity index (χ1n) is 5.79. The van der Waals surface area contributed by atoms with Gasteiger partial charge < -0.3 is 4.74 Å². The average Bonchev–Trinajstić information content (AvgIpc) is 2.58. The van der Waals surface area contributed by atoms with E-state index in [1.165, 1.54) is 6.92 Å². The van der Waals surface area contributed by atoms with Crippen LogP contribution in [0.4, 0.5) is 4.79 Å². The fourth-order valence-corrected chi connectivity index (χ4v) is 1.65. The Labute approximate surface area is 101 Å². The van der Waals surface area contributed by atoms with Crippen molar-refractivity contribution in [2.24, 2.45) is 5.41 Å². The number of rotatable bonds is 4. The van der Waals surface area contributed by atoms with E-state index in [1.54, 1.807) is 13.8 Å². The number of amides is 2. The lowest BCUT2D eigenvalue weighted by atomic mass is 9.84. The van der Waals surface area contributed by atoms with Gasteiger partial charge in [0.1, 0.15) is 12.4 Å². The van der Waals surface area contributed by atoms with Crippen LogP contribution in [0, 0.1) is 5.41 Å². The quantitative estimate of drug-likeness (QED) is 0.752. The van der Waals surface area contributed by atoms with Crippen LogP contribution in [0.5, 0.6) is 0 Å². The number of ether oxygens (including phenoxy) is 1. The normalized spacial score (nSPS) is 20.4. The minimum atomic E-state index is -0.738. The summed E-state index contributed by atoms with van der Waals surface area (Å²) >= 11 is 0. The van der Waals surface area contributed by atoms with E-state index < -0.39 is 11.5 Å². The van der Waals surface area contributed by atoms with Gasteiger partial charge in [0.2, 0.25) is 5.91 Å². The molecule has 1 rings (SSSR count). The van der Waals surface area contributed by atoms with Gasteiger partial charge in [-0.25, -0.2) is 9.69 Å². The fraction of sp³-hybridized carbons (Fsp3) is 0.750. The monoisotopic (exact) mass is 241 g/mol. The highest BCUT2D eigenvalue weighted by Gasteiger charge is 2.39. The summed E-state index contributed by atoms with van der Waals surface area (Å²) in [6, 6.07) is -0.197. The predicted molar refractivity (Wildman–Crippen MR) is 61.4 cm³/mol. The first-order valence-corrected chi connectivity index (χ1v) is 5.79. The summed E-state index contributed by atoms with van der Waals surface area (Å²) in [6.07, 6.45) is 0.104. The van der Waals surface area contributed by atoms with Crippen molar-refractivity contribution >= 4 is 17.8 Å². The molecule has 1 heterocycles. The summed E-state index contributed by atoms with van der Waals surface area (Å²) in [4.78, 5) is 36.0. The van der Waals surface area contributed by atoms with Gasteiger partial charge in [-0.2, -0.15) is 0 Å². The van der Waals surface area contributed by atoms with Crippen LogP contribution in [0.25, 0.3) is 0 Å². The Balaban J connectivity index is 2.76. The molecule has 17 heavy (non-hydrogen) atoms. The Morgan fingerprint density at radius 3 is 2.53 bits per heavy atom. The number of nitrogens with zero attached hydrogens (tertiary/aromatic N) is 1. The zero-order valence-electron chi connectivity index (χ0n) is 10.8. The smallest absolute Gasteiger partial charge is 0.416 e. The van der Waals surface area contributed by atoms with Gasteiger partial charge in [0.05, 0.1) is 6.04 Å². The van der Waals surface area contributed by atoms with Crippen LogP contribution in [-0.2, 0) is 14.3 Å². The molecule has 1 aliphatic heterocycles. The van der Waals surface area contributed by atoms with E-state index in [9.17, 15) is 14.4 Å². The second-order valence-corrected chi connectivity index (χ2v) is 5.02. The molecule has 1 aliphatic rings. The summed E-state index contributed by atoms with van der Waals surface area (Å²) in [5.41, 5.74) is -0.738. The maximum atomic E-state index is 12.0. The maximum absolute atomic E-state index is 12.0. The highest BCUT2D eigenvalue weighted by molar-refractivity contribution is 5.96. The highest BCUT2D eigenvalue weighted by Crippen LogP contribution is 2.25. The molecular formula is C12H19NO4. The number of ketones is 1. The van der Waals surface area contributed by atoms with Crippen LogP contribution in [0.15, 0.2) is 0 Å². The molecule has 5 heteroatoms. The molecule has 96 valence electrons. The second kappa shape index (κ2) is 4.85. The van der Waals surface area contributed by atoms with Crippen LogP contribution in [0.2, 0.25) is 0 Å². The third-order valence-corrected chi connectivity index (χ3v) is 3.25. The molecule has 0 saturated carbocycles. The number of carbonyl (C=O) groups excluding carboxylic acids is 3. The minimum Gasteiger partial charge on any atom is -0.447 e. The first kappa shape index (κ1) is 13.7. The Hall–Kier alpha value is -1.39. The molecule has 2 amide bonds. The van der Waals surface area contributed by atoms with E-state index in [2.05, 4.69) is 0 Å². The van der Waals surface area contributed by atoms with Crippen molar-refractivity contribution in [3.8, 4) is 0 Å². The predicted octanol–water partition coefficient (Wildman–Crippen LogP) is 1.75. The summed E-state index contributed by atoms with van der Waals surface area (Å²) < 4.78 is 4.85. The molecule has 0 radical (unpaired) electrons. The van der Waals surface area contributed by atoms with Gasteiger partial charge in [0, 0.05) is 11.8 Å². The van der Waals surface area contributed by atoms with Gasteiger partial charge in [-0.15, -0.1) is 0 Å². The van der Waals surface area contributed by atoms with Gasteiger partial charge in [-0.05, 0) is 13.3 Å². The molecular weight excluding hydrogens is 222 g/mol. The molecule has 0 bridgehead atoms. The van der Waals surface area contributed by atoms with Crippen molar-refractivity contribution in [3.05, 3.63) is 0 Å². The Bertz CT molecular complexity index is 348. The van der Waals surface area contributed by atoms with Crippen molar-refractivity contribution in [2.45, 2.75) is 46.6 Å². The van der Waals surface area contributed by atoms with Crippen LogP contribution in [-0.4, -0.2) is 35.3 Å². The number of hydrogen-bond donors (Lipinski definition) is 0. The van der Waals surface area contributed by atoms with E-state index in [-0.39, 0.29) is 30.8 Å². The third-order valence-electron chi connectivity index (χ3n) is 3.25. The second-order valence-electron chi connectivity index (χ2n) is 5.02. The molecule has 0 N–H and O–H groups in total. The van der Waals surface area contributed by atoms with E-state index in [0.29, 0.717) is 6.42 Å². The van der Waals surface area contributed by atoms with Crippen LogP contribution in [0.3, 0.4) is 0 Å². The standard InChI is InChI=1S/C12H19NO4/c1-5-9-7-17-11(16)13(9)10(15)6-12(3,4)8(2)14/h9H,5-7H2,1-4H3. The largest absolute Gasteiger partial charge is 0.447 e. The Morgan fingerprint density at radius 2 is 2.06 bits per heavy atom. The van der Waals surface area contributed by atoms with Gasteiger partial charge in [-0.1, -0.05) is 20.8 Å². The lowest BCUT2D eigenvalue weighted by molar-refractivity contribution is -0.136. The van der Waals surface area contributed by atoms with E-state index >= 15 is 0 Å². The van der Waals surface area contributed by atoms with Gasteiger partial charge in [0.25, 0.3) is 0 Å². The lowest BCUT2D eigenvalue weighted by Crippen LogP contribution is -2.41. The van der Waals surface area contributed by atoms with Crippen LogP contribution in [0.1, 0.15) is 40.5 Å². The van der Waals surface area contributed by atoms with E-state index in [0.717, 1.165) is 4.90 Å². The molecule has 0 spiro atoms. The molecule has 5 nitrogen and oxygen atoms in total. The van der Waals surface area contributed by atoms with Crippen molar-refractivity contribution in [2.75, 3.05) is 6.61 Å². The van der Waals surface area contributed by atoms with Gasteiger partial charge in [-0.3, -0.25) is 9.59 Å². The molecule has 1 unspecified atom stereocenters. The number of hydrogen-bond acceptors (Lipinski definition) is 4. The molecule has 1 atom stereocenters. The lowest BCUT2D eigenvalue weighted by Gasteiger charge is -2.24. The molecule has 0 aromatic carbocycles. The number of Topliss-reactive ketones (excluding diaryl/α,β-unsaturated/α-hetero) is 1. The highest BCUT2D eigenvalue weighted by atomic mass is 16.6. The number of cyclic esters (lactones) is 1. The summed E-state index contributed by atoms with van der Waals surface area (Å²) in [6.45, 7) is 7.00. The van der Waals surface area contributed by atoms with Gasteiger partial charge in [0.15, 0.2) is 0 Å². The van der Waals surface area contributed by atoms with Crippen molar-refractivity contribution in [3.63, 3.8) is 0 Å². The van der Waals surface area contributed by atoms with Crippen molar-refractivity contribution in [1.29, 1.82) is 0 Å².